The summed E-state index contributed by atoms with van der Waals surface area (Å²) in [6, 6.07) is 9.17. The highest BCUT2D eigenvalue weighted by Gasteiger charge is 2.20. The monoisotopic (exact) mass is 345 g/mol. The molecule has 1 aromatic heterocycles. The van der Waals surface area contributed by atoms with E-state index in [0.29, 0.717) is 0 Å². The fraction of sp³-hybridized carbons (Fsp3) is 0.368. The third-order valence-electron chi connectivity index (χ3n) is 3.84. The van der Waals surface area contributed by atoms with Crippen molar-refractivity contribution in [1.29, 1.82) is 0 Å². The van der Waals surface area contributed by atoms with Gasteiger partial charge in [-0.25, -0.2) is 0 Å². The first-order valence-corrected chi connectivity index (χ1v) is 8.82. The van der Waals surface area contributed by atoms with Crippen molar-refractivity contribution in [2.45, 2.75) is 45.1 Å². The maximum absolute atomic E-state index is 12.2. The molecule has 24 heavy (non-hydrogen) atoms. The van der Waals surface area contributed by atoms with Crippen molar-refractivity contribution in [3.8, 4) is 0 Å². The number of carbonyl (C=O) groups excluding carboxylic acids is 1. The van der Waals surface area contributed by atoms with Gasteiger partial charge >= 0.3 is 5.97 Å². The van der Waals surface area contributed by atoms with Crippen LogP contribution in [-0.2, 0) is 21.4 Å². The van der Waals surface area contributed by atoms with Gasteiger partial charge < -0.3 is 10.4 Å². The van der Waals surface area contributed by atoms with Crippen LogP contribution in [0.25, 0.3) is 0 Å². The molecule has 4 nitrogen and oxygen atoms in total. The lowest BCUT2D eigenvalue weighted by Gasteiger charge is -2.22. The van der Waals surface area contributed by atoms with E-state index in [1.54, 1.807) is 0 Å². The molecule has 0 aliphatic rings. The number of carboxylic acid groups (broad SMARTS) is 1. The van der Waals surface area contributed by atoms with Gasteiger partial charge in [0.15, 0.2) is 0 Å². The topological polar surface area (TPSA) is 66.4 Å². The lowest BCUT2D eigenvalue weighted by molar-refractivity contribution is -0.137. The van der Waals surface area contributed by atoms with E-state index >= 15 is 0 Å². The highest BCUT2D eigenvalue weighted by molar-refractivity contribution is 7.08. The van der Waals surface area contributed by atoms with Crippen LogP contribution in [0.1, 0.15) is 49.9 Å². The van der Waals surface area contributed by atoms with Crippen molar-refractivity contribution in [1.82, 2.24) is 5.32 Å². The first-order chi connectivity index (χ1) is 11.3. The Morgan fingerprint density at radius 3 is 2.33 bits per heavy atom. The number of carbonyl (C=O) groups is 2. The lowest BCUT2D eigenvalue weighted by atomic mass is 9.86. The Balaban J connectivity index is 2.12. The molecule has 0 bridgehead atoms. The van der Waals surface area contributed by atoms with Gasteiger partial charge in [-0.1, -0.05) is 45.0 Å². The first-order valence-electron chi connectivity index (χ1n) is 7.88. The summed E-state index contributed by atoms with van der Waals surface area (Å²) in [6.45, 7) is 6.37. The number of thiophene rings is 1. The highest BCUT2D eigenvalue weighted by atomic mass is 32.1. The van der Waals surface area contributed by atoms with Crippen molar-refractivity contribution >= 4 is 23.2 Å². The average Bonchev–Trinajstić information content (AvgIpc) is 2.98. The van der Waals surface area contributed by atoms with Crippen LogP contribution < -0.4 is 5.32 Å². The molecule has 1 unspecified atom stereocenters. The summed E-state index contributed by atoms with van der Waals surface area (Å²) in [5, 5.41) is 15.8. The van der Waals surface area contributed by atoms with Gasteiger partial charge in [-0.2, -0.15) is 11.3 Å². The number of hydrogen-bond donors (Lipinski definition) is 2. The number of nitrogens with one attached hydrogen (secondary N) is 1. The van der Waals surface area contributed by atoms with Gasteiger partial charge in [-0.05, 0) is 38.9 Å². The Kier molecular flexibility index (Phi) is 5.78. The quantitative estimate of drug-likeness (QED) is 0.834. The second kappa shape index (κ2) is 7.62. The molecule has 1 heterocycles. The number of hydrogen-bond acceptors (Lipinski definition) is 3. The molecule has 1 atom stereocenters. The van der Waals surface area contributed by atoms with E-state index in [-0.39, 0.29) is 24.2 Å². The lowest BCUT2D eigenvalue weighted by Crippen LogP contribution is -2.31. The van der Waals surface area contributed by atoms with E-state index < -0.39 is 12.0 Å². The molecule has 0 aliphatic carbocycles. The smallest absolute Gasteiger partial charge is 0.305 e. The Hall–Kier alpha value is -2.14. The predicted octanol–water partition coefficient (Wildman–Crippen LogP) is 3.92. The van der Waals surface area contributed by atoms with Gasteiger partial charge in [-0.3, -0.25) is 9.59 Å². The van der Waals surface area contributed by atoms with E-state index in [1.807, 2.05) is 41.1 Å². The molecule has 5 heteroatoms. The van der Waals surface area contributed by atoms with Crippen molar-refractivity contribution < 1.29 is 14.7 Å². The molecule has 1 aromatic carbocycles. The van der Waals surface area contributed by atoms with Crippen LogP contribution in [0.2, 0.25) is 0 Å². The van der Waals surface area contributed by atoms with E-state index in [1.165, 1.54) is 16.9 Å². The minimum absolute atomic E-state index is 0.0308. The van der Waals surface area contributed by atoms with Crippen LogP contribution in [0.3, 0.4) is 0 Å². The average molecular weight is 345 g/mol. The Morgan fingerprint density at radius 2 is 1.83 bits per heavy atom. The highest BCUT2D eigenvalue weighted by Crippen LogP contribution is 2.25. The summed E-state index contributed by atoms with van der Waals surface area (Å²) in [6.07, 6.45) is 0.129. The Labute approximate surface area is 146 Å². The molecule has 2 aromatic rings. The summed E-state index contributed by atoms with van der Waals surface area (Å²) in [7, 11) is 0. The third kappa shape index (κ3) is 5.20. The van der Waals surface area contributed by atoms with E-state index in [0.717, 1.165) is 11.1 Å². The summed E-state index contributed by atoms with van der Waals surface area (Å²) in [5.74, 6) is -1.10. The minimum Gasteiger partial charge on any atom is -0.481 e. The van der Waals surface area contributed by atoms with Crippen molar-refractivity contribution in [2.75, 3.05) is 0 Å². The number of aliphatic carboxylic acids is 1. The van der Waals surface area contributed by atoms with Crippen molar-refractivity contribution in [2.24, 2.45) is 0 Å². The second-order valence-corrected chi connectivity index (χ2v) is 7.68. The van der Waals surface area contributed by atoms with Gasteiger partial charge in [0.1, 0.15) is 0 Å². The number of carboxylic acids is 1. The van der Waals surface area contributed by atoms with E-state index in [4.69, 9.17) is 5.11 Å². The fourth-order valence-corrected chi connectivity index (χ4v) is 3.13. The van der Waals surface area contributed by atoms with Gasteiger partial charge in [-0.15, -0.1) is 0 Å². The fourth-order valence-electron chi connectivity index (χ4n) is 2.47. The number of amides is 1. The Bertz CT molecular complexity index is 684. The summed E-state index contributed by atoms with van der Waals surface area (Å²) in [5.41, 5.74) is 2.95. The third-order valence-corrected chi connectivity index (χ3v) is 4.57. The minimum atomic E-state index is -0.935. The summed E-state index contributed by atoms with van der Waals surface area (Å²) >= 11 is 1.54. The first kappa shape index (κ1) is 18.2. The largest absolute Gasteiger partial charge is 0.481 e. The maximum atomic E-state index is 12.2. The molecule has 2 N–H and O–H groups in total. The van der Waals surface area contributed by atoms with Crippen LogP contribution in [-0.4, -0.2) is 17.0 Å². The van der Waals surface area contributed by atoms with Crippen molar-refractivity contribution in [3.63, 3.8) is 0 Å². The zero-order valence-corrected chi connectivity index (χ0v) is 15.0. The van der Waals surface area contributed by atoms with E-state index in [2.05, 4.69) is 26.1 Å². The molecule has 0 aliphatic heterocycles. The molecule has 0 spiro atoms. The molecule has 128 valence electrons. The number of rotatable bonds is 6. The van der Waals surface area contributed by atoms with Crippen LogP contribution in [0.15, 0.2) is 41.1 Å². The maximum Gasteiger partial charge on any atom is 0.305 e. The standard InChI is InChI=1S/C19H23NO3S/c1-19(2,3)15-6-4-14(5-7-15)16(11-18(22)23)20-17(21)10-13-8-9-24-12-13/h4-9,12,16H,10-11H2,1-3H3,(H,20,21)(H,22,23). The number of benzene rings is 1. The van der Waals surface area contributed by atoms with Crippen LogP contribution >= 0.6 is 11.3 Å². The van der Waals surface area contributed by atoms with Crippen LogP contribution in [0.4, 0.5) is 0 Å². The molecular formula is C19H23NO3S. The van der Waals surface area contributed by atoms with Crippen LogP contribution in [0.5, 0.6) is 0 Å². The van der Waals surface area contributed by atoms with Gasteiger partial charge in [0.05, 0.1) is 18.9 Å². The molecule has 2 rings (SSSR count). The molecule has 0 fully saturated rings. The van der Waals surface area contributed by atoms with Gasteiger partial charge in [0, 0.05) is 0 Å². The zero-order valence-electron chi connectivity index (χ0n) is 14.2. The normalized spacial score (nSPS) is 12.6. The van der Waals surface area contributed by atoms with Crippen molar-refractivity contribution in [3.05, 3.63) is 57.8 Å². The molecular weight excluding hydrogens is 322 g/mol. The second-order valence-electron chi connectivity index (χ2n) is 6.90. The van der Waals surface area contributed by atoms with E-state index in [9.17, 15) is 9.59 Å². The Morgan fingerprint density at radius 1 is 1.17 bits per heavy atom. The SMILES string of the molecule is CC(C)(C)c1ccc(C(CC(=O)O)NC(=O)Cc2ccsc2)cc1. The molecule has 0 saturated carbocycles. The van der Waals surface area contributed by atoms with Crippen LogP contribution in [0, 0.1) is 0 Å². The zero-order chi connectivity index (χ0) is 17.7. The van der Waals surface area contributed by atoms with Gasteiger partial charge in [0.2, 0.25) is 5.91 Å². The summed E-state index contributed by atoms with van der Waals surface area (Å²) < 4.78 is 0. The molecule has 0 radical (unpaired) electrons. The summed E-state index contributed by atoms with van der Waals surface area (Å²) in [4.78, 5) is 23.4. The predicted molar refractivity (Wildman–Crippen MR) is 96.3 cm³/mol. The van der Waals surface area contributed by atoms with Gasteiger partial charge in [0.25, 0.3) is 0 Å². The molecule has 1 amide bonds. The molecule has 0 saturated heterocycles.